The molecule has 312 valence electrons. The van der Waals surface area contributed by atoms with Crippen LogP contribution in [0, 0.1) is 29.6 Å². The first-order valence-electron chi connectivity index (χ1n) is 20.2. The van der Waals surface area contributed by atoms with Crippen molar-refractivity contribution in [2.75, 3.05) is 27.9 Å². The summed E-state index contributed by atoms with van der Waals surface area (Å²) in [5, 5.41) is 22.0. The number of hydrogen-bond acceptors (Lipinski definition) is 11. The van der Waals surface area contributed by atoms with Crippen LogP contribution in [-0.4, -0.2) is 116 Å². The van der Waals surface area contributed by atoms with Crippen molar-refractivity contribution in [2.24, 2.45) is 29.6 Å². The number of amides is 1. The Morgan fingerprint density at radius 3 is 2.38 bits per heavy atom. The van der Waals surface area contributed by atoms with Gasteiger partial charge in [-0.2, -0.15) is 0 Å². The Morgan fingerprint density at radius 2 is 1.75 bits per heavy atom. The van der Waals surface area contributed by atoms with Gasteiger partial charge in [-0.25, -0.2) is 4.79 Å². The number of carbonyl (C=O) groups is 4. The second kappa shape index (κ2) is 22.7. The van der Waals surface area contributed by atoms with Gasteiger partial charge in [-0.1, -0.05) is 44.6 Å². The Labute approximate surface area is 329 Å². The molecule has 0 bridgehead atoms. The molecule has 2 heterocycles. The van der Waals surface area contributed by atoms with Crippen LogP contribution >= 0.6 is 0 Å². The van der Waals surface area contributed by atoms with Crippen molar-refractivity contribution < 1.29 is 53.1 Å². The van der Waals surface area contributed by atoms with Gasteiger partial charge in [0.2, 0.25) is 6.41 Å². The van der Waals surface area contributed by atoms with Crippen molar-refractivity contribution in [1.29, 1.82) is 0 Å². The molecule has 0 radical (unpaired) electrons. The van der Waals surface area contributed by atoms with Crippen molar-refractivity contribution in [3.8, 4) is 0 Å². The summed E-state index contributed by atoms with van der Waals surface area (Å²) in [5.41, 5.74) is 1.75. The van der Waals surface area contributed by atoms with Gasteiger partial charge in [0.1, 0.15) is 17.9 Å². The Hall–Kier alpha value is -2.90. The number of carbonyl (C=O) groups excluding carboxylic acids is 4. The van der Waals surface area contributed by atoms with Gasteiger partial charge in [0.25, 0.3) is 0 Å². The van der Waals surface area contributed by atoms with E-state index in [0.717, 1.165) is 30.4 Å². The summed E-state index contributed by atoms with van der Waals surface area (Å²) in [4.78, 5) is 53.1. The number of piperidine rings is 1. The predicted molar refractivity (Wildman–Crippen MR) is 209 cm³/mol. The summed E-state index contributed by atoms with van der Waals surface area (Å²) in [6, 6.07) is -0.704. The summed E-state index contributed by atoms with van der Waals surface area (Å²) in [7, 11) is 4.81. The van der Waals surface area contributed by atoms with Gasteiger partial charge in [-0.15, -0.1) is 6.58 Å². The first-order valence-corrected chi connectivity index (χ1v) is 20.2. The van der Waals surface area contributed by atoms with Gasteiger partial charge in [-0.05, 0) is 95.5 Å². The molecule has 3 aliphatic rings. The molecule has 13 unspecified atom stereocenters. The van der Waals surface area contributed by atoms with E-state index in [2.05, 4.69) is 13.5 Å². The van der Waals surface area contributed by atoms with Gasteiger partial charge in [0.05, 0.1) is 36.4 Å². The van der Waals surface area contributed by atoms with Crippen LogP contribution in [0.5, 0.6) is 0 Å². The Morgan fingerprint density at radius 1 is 1.04 bits per heavy atom. The number of cyclic esters (lactones) is 1. The molecule has 3 fully saturated rings. The van der Waals surface area contributed by atoms with Crippen molar-refractivity contribution in [1.82, 2.24) is 4.90 Å². The number of ether oxygens (including phenoxy) is 5. The summed E-state index contributed by atoms with van der Waals surface area (Å²) in [6.07, 6.45) is 8.59. The van der Waals surface area contributed by atoms with E-state index in [0.29, 0.717) is 57.9 Å². The van der Waals surface area contributed by atoms with Crippen molar-refractivity contribution in [3.05, 3.63) is 36.0 Å². The molecule has 0 spiro atoms. The van der Waals surface area contributed by atoms with Gasteiger partial charge in [0.15, 0.2) is 6.10 Å². The number of Topliss-reactive ketones (excluding diaryl/α,β-unsaturated/α-hetero) is 1. The zero-order valence-electron chi connectivity index (χ0n) is 34.5. The molecule has 1 aliphatic carbocycles. The van der Waals surface area contributed by atoms with E-state index in [4.69, 9.17) is 23.7 Å². The van der Waals surface area contributed by atoms with E-state index in [-0.39, 0.29) is 54.2 Å². The van der Waals surface area contributed by atoms with Crippen LogP contribution in [0.2, 0.25) is 0 Å². The first kappa shape index (κ1) is 46.5. The fraction of sp³-hybridized carbons (Fsp3) is 0.767. The second-order valence-electron chi connectivity index (χ2n) is 16.4. The number of likely N-dealkylation sites (tertiary alicyclic amines) is 1. The summed E-state index contributed by atoms with van der Waals surface area (Å²) < 4.78 is 28.9. The average Bonchev–Trinajstić information content (AvgIpc) is 3.16. The quantitative estimate of drug-likeness (QED) is 0.0859. The van der Waals surface area contributed by atoms with Crippen LogP contribution in [0.4, 0.5) is 0 Å². The zero-order chi connectivity index (χ0) is 40.8. The van der Waals surface area contributed by atoms with Gasteiger partial charge in [0, 0.05) is 46.1 Å². The average molecular weight is 776 g/mol. The first-order chi connectivity index (χ1) is 26.2. The number of rotatable bonds is 21. The lowest BCUT2D eigenvalue weighted by molar-refractivity contribution is -0.189. The fourth-order valence-electron chi connectivity index (χ4n) is 8.64. The van der Waals surface area contributed by atoms with E-state index in [9.17, 15) is 29.4 Å². The Kier molecular flexibility index (Phi) is 19.2. The number of hydrogen-bond donors (Lipinski definition) is 2. The lowest BCUT2D eigenvalue weighted by atomic mass is 9.81. The lowest BCUT2D eigenvalue weighted by Gasteiger charge is -2.38. The zero-order valence-corrected chi connectivity index (χ0v) is 34.5. The third kappa shape index (κ3) is 13.3. The summed E-state index contributed by atoms with van der Waals surface area (Å²) in [6.45, 7) is 13.9. The minimum absolute atomic E-state index is 0.0658. The molecule has 13 atom stereocenters. The van der Waals surface area contributed by atoms with E-state index in [1.54, 1.807) is 34.3 Å². The van der Waals surface area contributed by atoms with Crippen molar-refractivity contribution in [2.45, 2.75) is 154 Å². The third-order valence-corrected chi connectivity index (χ3v) is 11.9. The monoisotopic (exact) mass is 775 g/mol. The fourth-order valence-corrected chi connectivity index (χ4v) is 8.64. The molecule has 2 saturated heterocycles. The maximum Gasteiger partial charge on any atom is 0.329 e. The minimum Gasteiger partial charge on any atom is -0.457 e. The highest BCUT2D eigenvalue weighted by Gasteiger charge is 2.41. The molecule has 0 aromatic heterocycles. The van der Waals surface area contributed by atoms with Crippen molar-refractivity contribution >= 4 is 24.1 Å². The highest BCUT2D eigenvalue weighted by Crippen LogP contribution is 2.33. The molecule has 2 aliphatic heterocycles. The summed E-state index contributed by atoms with van der Waals surface area (Å²) in [5.74, 6) is -2.11. The van der Waals surface area contributed by atoms with E-state index < -0.39 is 48.3 Å². The van der Waals surface area contributed by atoms with E-state index >= 15 is 0 Å². The van der Waals surface area contributed by atoms with Crippen molar-refractivity contribution in [3.63, 3.8) is 0 Å². The second-order valence-corrected chi connectivity index (χ2v) is 16.4. The number of ketones is 1. The number of esters is 2. The van der Waals surface area contributed by atoms with Crippen LogP contribution in [0.15, 0.2) is 36.0 Å². The number of aliphatic hydroxyl groups is 2. The lowest BCUT2D eigenvalue weighted by Crippen LogP contribution is -2.49. The molecule has 2 N–H and O–H groups in total. The van der Waals surface area contributed by atoms with Crippen LogP contribution in [-0.2, 0) is 42.9 Å². The van der Waals surface area contributed by atoms with Gasteiger partial charge >= 0.3 is 11.9 Å². The Bertz CT molecular complexity index is 1330. The number of methoxy groups -OCH3 is 3. The molecule has 1 saturated carbocycles. The van der Waals surface area contributed by atoms with Crippen LogP contribution in [0.1, 0.15) is 105 Å². The molecule has 3 rings (SSSR count). The highest BCUT2D eigenvalue weighted by atomic mass is 16.6. The molecule has 55 heavy (non-hydrogen) atoms. The van der Waals surface area contributed by atoms with E-state index in [1.807, 2.05) is 32.9 Å². The molecule has 12 nitrogen and oxygen atoms in total. The molecule has 12 heteroatoms. The van der Waals surface area contributed by atoms with Crippen LogP contribution < -0.4 is 0 Å². The number of nitrogens with zero attached hydrogens (tertiary/aromatic N) is 1. The topological polar surface area (TPSA) is 158 Å². The highest BCUT2D eigenvalue weighted by molar-refractivity contribution is 5.83. The molecule has 1 amide bonds. The molecule has 0 aromatic rings. The molecule has 0 aromatic carbocycles. The molecular weight excluding hydrogens is 706 g/mol. The van der Waals surface area contributed by atoms with Crippen LogP contribution in [0.25, 0.3) is 0 Å². The third-order valence-electron chi connectivity index (χ3n) is 11.9. The largest absolute Gasteiger partial charge is 0.457 e. The van der Waals surface area contributed by atoms with E-state index in [1.165, 1.54) is 4.90 Å². The number of allylic oxidation sites excluding steroid dienone is 4. The standard InChI is InChI=1S/C43H69NO11/c1-10-13-32(19-26(2)18-27(3)20-38(52-8)41-39(53-9)22-29(5)42(49)55-41)36(48)24-35(47)30(6)40(54-43(50)33-14-11-12-17-44(33)25-45)28(4)21-31-15-16-34(46)37(23-31)51-7/h10,19,21,25,27,29-35,37-41,46-47H,1,11-18,20,22-24H2,2-9H3/b26-19+,28-21+. The smallest absolute Gasteiger partial charge is 0.329 e. The Balaban J connectivity index is 1.74. The van der Waals surface area contributed by atoms with Crippen LogP contribution in [0.3, 0.4) is 0 Å². The summed E-state index contributed by atoms with van der Waals surface area (Å²) >= 11 is 0. The molecular formula is C43H69NO11. The number of aliphatic hydroxyl groups excluding tert-OH is 2. The maximum atomic E-state index is 13.8. The van der Waals surface area contributed by atoms with Gasteiger partial charge < -0.3 is 38.8 Å². The van der Waals surface area contributed by atoms with Gasteiger partial charge in [-0.3, -0.25) is 14.4 Å². The normalized spacial score (nSPS) is 30.0. The predicted octanol–water partition coefficient (Wildman–Crippen LogP) is 5.52. The SMILES string of the molecule is C=CCC(/C=C(\C)CC(C)CC(OC)C1OC(=O)C(C)CC1OC)C(=O)CC(O)C(C)C(OC(=O)C1CCCCN1C=O)/C(C)=C/C1CCC(O)C(OC)C1. The maximum absolute atomic E-state index is 13.8. The minimum atomic E-state index is -1.13.